The number of hydrogen-bond donors (Lipinski definition) is 1. The van der Waals surface area contributed by atoms with Gasteiger partial charge in [0.25, 0.3) is 0 Å². The molecule has 0 aromatic heterocycles. The third-order valence-electron chi connectivity index (χ3n) is 2.62. The number of carbonyl (C=O) groups is 1. The van der Waals surface area contributed by atoms with Crippen LogP contribution in [0.2, 0.25) is 0 Å². The Labute approximate surface area is 130 Å². The molecule has 0 saturated heterocycles. The lowest BCUT2D eigenvalue weighted by Gasteiger charge is -2.23. The molecular formula is C16H24FNO2S. The van der Waals surface area contributed by atoms with E-state index in [0.29, 0.717) is 0 Å². The van der Waals surface area contributed by atoms with Crippen molar-refractivity contribution in [3.05, 3.63) is 30.1 Å². The molecule has 118 valence electrons. The van der Waals surface area contributed by atoms with Gasteiger partial charge >= 0.3 is 6.09 Å². The zero-order chi connectivity index (χ0) is 15.9. The Bertz CT molecular complexity index is 443. The fourth-order valence-electron chi connectivity index (χ4n) is 1.75. The van der Waals surface area contributed by atoms with E-state index >= 15 is 0 Å². The van der Waals surface area contributed by atoms with E-state index in [1.54, 1.807) is 23.9 Å². The van der Waals surface area contributed by atoms with Gasteiger partial charge in [-0.15, -0.1) is 11.8 Å². The minimum atomic E-state index is -0.495. The van der Waals surface area contributed by atoms with Gasteiger partial charge in [-0.25, -0.2) is 9.18 Å². The Balaban J connectivity index is 2.49. The molecule has 0 saturated carbocycles. The summed E-state index contributed by atoms with van der Waals surface area (Å²) in [6, 6.07) is 6.42. The SMILES string of the molecule is CCC[C@@H](CSc1ccc(F)cc1)NC(=O)OC(C)(C)C. The van der Waals surface area contributed by atoms with Crippen molar-refractivity contribution in [3.8, 4) is 0 Å². The summed E-state index contributed by atoms with van der Waals surface area (Å²) in [5.74, 6) is 0.495. The van der Waals surface area contributed by atoms with Crippen molar-refractivity contribution in [2.75, 3.05) is 5.75 Å². The number of thioether (sulfide) groups is 1. The normalized spacial score (nSPS) is 12.8. The molecule has 0 fully saturated rings. The minimum absolute atomic E-state index is 0.0416. The summed E-state index contributed by atoms with van der Waals surface area (Å²) in [5.41, 5.74) is -0.495. The molecule has 0 aliphatic carbocycles. The maximum Gasteiger partial charge on any atom is 0.407 e. The van der Waals surface area contributed by atoms with Crippen LogP contribution in [0.5, 0.6) is 0 Å². The number of ether oxygens (including phenoxy) is 1. The molecule has 3 nitrogen and oxygen atoms in total. The zero-order valence-corrected chi connectivity index (χ0v) is 13.9. The summed E-state index contributed by atoms with van der Waals surface area (Å²) in [6.07, 6.45) is 1.47. The van der Waals surface area contributed by atoms with E-state index in [2.05, 4.69) is 12.2 Å². The number of carbonyl (C=O) groups excluding carboxylic acids is 1. The molecule has 0 aliphatic rings. The van der Waals surface area contributed by atoms with Crippen molar-refractivity contribution in [2.24, 2.45) is 0 Å². The van der Waals surface area contributed by atoms with Crippen LogP contribution in [0.15, 0.2) is 29.2 Å². The molecule has 0 spiro atoms. The van der Waals surface area contributed by atoms with Gasteiger partial charge in [-0.2, -0.15) is 0 Å². The van der Waals surface area contributed by atoms with Crippen LogP contribution in [0, 0.1) is 5.82 Å². The third-order valence-corrected chi connectivity index (χ3v) is 3.80. The second-order valence-electron chi connectivity index (χ2n) is 5.90. The molecule has 1 rings (SSSR count). The molecule has 0 aliphatic heterocycles. The van der Waals surface area contributed by atoms with Gasteiger partial charge < -0.3 is 10.1 Å². The predicted octanol–water partition coefficient (Wildman–Crippen LogP) is 4.61. The number of benzene rings is 1. The van der Waals surface area contributed by atoms with Crippen LogP contribution in [0.25, 0.3) is 0 Å². The quantitative estimate of drug-likeness (QED) is 0.779. The van der Waals surface area contributed by atoms with Crippen LogP contribution < -0.4 is 5.32 Å². The molecule has 0 unspecified atom stereocenters. The van der Waals surface area contributed by atoms with Gasteiger partial charge in [0.2, 0.25) is 0 Å². The molecule has 1 amide bonds. The number of nitrogens with one attached hydrogen (secondary N) is 1. The van der Waals surface area contributed by atoms with Crippen LogP contribution >= 0.6 is 11.8 Å². The van der Waals surface area contributed by atoms with E-state index in [1.807, 2.05) is 20.8 Å². The Morgan fingerprint density at radius 1 is 1.33 bits per heavy atom. The summed E-state index contributed by atoms with van der Waals surface area (Å²) in [6.45, 7) is 7.60. The molecule has 0 bridgehead atoms. The van der Waals surface area contributed by atoms with E-state index in [1.165, 1.54) is 12.1 Å². The molecule has 0 radical (unpaired) electrons. The van der Waals surface area contributed by atoms with Gasteiger partial charge in [0.1, 0.15) is 11.4 Å². The first kappa shape index (κ1) is 17.8. The highest BCUT2D eigenvalue weighted by molar-refractivity contribution is 7.99. The summed E-state index contributed by atoms with van der Waals surface area (Å²) in [5, 5.41) is 2.90. The fourth-order valence-corrected chi connectivity index (χ4v) is 2.72. The first-order chi connectivity index (χ1) is 9.80. The highest BCUT2D eigenvalue weighted by atomic mass is 32.2. The molecule has 1 atom stereocenters. The first-order valence-electron chi connectivity index (χ1n) is 7.18. The van der Waals surface area contributed by atoms with Gasteiger partial charge in [0, 0.05) is 16.7 Å². The average Bonchev–Trinajstić information content (AvgIpc) is 2.35. The second-order valence-corrected chi connectivity index (χ2v) is 6.99. The molecule has 5 heteroatoms. The summed E-state index contributed by atoms with van der Waals surface area (Å²) in [4.78, 5) is 12.8. The monoisotopic (exact) mass is 313 g/mol. The van der Waals surface area contributed by atoms with Gasteiger partial charge in [0.15, 0.2) is 0 Å². The lowest BCUT2D eigenvalue weighted by atomic mass is 10.2. The number of halogens is 1. The highest BCUT2D eigenvalue weighted by Gasteiger charge is 2.19. The summed E-state index contributed by atoms with van der Waals surface area (Å²) in [7, 11) is 0. The number of rotatable bonds is 6. The van der Waals surface area contributed by atoms with E-state index in [-0.39, 0.29) is 18.0 Å². The molecule has 21 heavy (non-hydrogen) atoms. The second kappa shape index (κ2) is 8.27. The van der Waals surface area contributed by atoms with E-state index < -0.39 is 5.60 Å². The lowest BCUT2D eigenvalue weighted by Crippen LogP contribution is -2.40. The third kappa shape index (κ3) is 7.95. The maximum atomic E-state index is 12.9. The van der Waals surface area contributed by atoms with Gasteiger partial charge in [0.05, 0.1) is 0 Å². The zero-order valence-electron chi connectivity index (χ0n) is 13.1. The van der Waals surface area contributed by atoms with Crippen molar-refractivity contribution >= 4 is 17.9 Å². The minimum Gasteiger partial charge on any atom is -0.444 e. The van der Waals surface area contributed by atoms with E-state index in [4.69, 9.17) is 4.74 Å². The Morgan fingerprint density at radius 3 is 2.48 bits per heavy atom. The predicted molar refractivity (Wildman–Crippen MR) is 85.2 cm³/mol. The van der Waals surface area contributed by atoms with Crippen molar-refractivity contribution in [1.82, 2.24) is 5.32 Å². The smallest absolute Gasteiger partial charge is 0.407 e. The van der Waals surface area contributed by atoms with Gasteiger partial charge in [-0.3, -0.25) is 0 Å². The van der Waals surface area contributed by atoms with Crippen molar-refractivity contribution in [1.29, 1.82) is 0 Å². The molecular weight excluding hydrogens is 289 g/mol. The average molecular weight is 313 g/mol. The molecule has 1 N–H and O–H groups in total. The Kier molecular flexibility index (Phi) is 7.02. The van der Waals surface area contributed by atoms with E-state index in [9.17, 15) is 9.18 Å². The van der Waals surface area contributed by atoms with Gasteiger partial charge in [-0.05, 0) is 51.5 Å². The van der Waals surface area contributed by atoms with Crippen LogP contribution in [0.1, 0.15) is 40.5 Å². The summed E-state index contributed by atoms with van der Waals surface area (Å²) >= 11 is 1.60. The van der Waals surface area contributed by atoms with E-state index in [0.717, 1.165) is 23.5 Å². The number of amides is 1. The summed E-state index contributed by atoms with van der Waals surface area (Å²) < 4.78 is 18.1. The van der Waals surface area contributed by atoms with Crippen LogP contribution in [-0.4, -0.2) is 23.5 Å². The standard InChI is InChI=1S/C16H24FNO2S/c1-5-6-13(18-15(19)20-16(2,3)4)11-21-14-9-7-12(17)8-10-14/h7-10,13H,5-6,11H2,1-4H3,(H,18,19)/t13-/m0/s1. The van der Waals surface area contributed by atoms with Crippen molar-refractivity contribution in [3.63, 3.8) is 0 Å². The number of hydrogen-bond acceptors (Lipinski definition) is 3. The topological polar surface area (TPSA) is 38.3 Å². The van der Waals surface area contributed by atoms with Crippen molar-refractivity contribution < 1.29 is 13.9 Å². The number of alkyl carbamates (subject to hydrolysis) is 1. The van der Waals surface area contributed by atoms with Crippen molar-refractivity contribution in [2.45, 2.75) is 57.1 Å². The molecule has 0 heterocycles. The van der Waals surface area contributed by atoms with Gasteiger partial charge in [-0.1, -0.05) is 13.3 Å². The van der Waals surface area contributed by atoms with Crippen LogP contribution in [0.3, 0.4) is 0 Å². The Hall–Kier alpha value is -1.23. The molecule has 1 aromatic carbocycles. The molecule has 1 aromatic rings. The lowest BCUT2D eigenvalue weighted by molar-refractivity contribution is 0.0507. The fraction of sp³-hybridized carbons (Fsp3) is 0.562. The maximum absolute atomic E-state index is 12.9. The first-order valence-corrected chi connectivity index (χ1v) is 8.16. The van der Waals surface area contributed by atoms with Crippen LogP contribution in [0.4, 0.5) is 9.18 Å². The largest absolute Gasteiger partial charge is 0.444 e. The Morgan fingerprint density at radius 2 is 1.95 bits per heavy atom. The van der Waals surface area contributed by atoms with Crippen LogP contribution in [-0.2, 0) is 4.74 Å². The highest BCUT2D eigenvalue weighted by Crippen LogP contribution is 2.20.